The van der Waals surface area contributed by atoms with Gasteiger partial charge in [0.1, 0.15) is 0 Å². The van der Waals surface area contributed by atoms with Crippen LogP contribution >= 0.6 is 35.4 Å². The normalized spacial score (nSPS) is 17.8. The predicted molar refractivity (Wildman–Crippen MR) is 96.6 cm³/mol. The average Bonchev–Trinajstić information content (AvgIpc) is 2.46. The summed E-state index contributed by atoms with van der Waals surface area (Å²) in [4.78, 5) is 12.5. The second-order valence-electron chi connectivity index (χ2n) is 5.74. The molecule has 1 aliphatic rings. The minimum absolute atomic E-state index is 0.258. The molecule has 0 bridgehead atoms. The van der Waals surface area contributed by atoms with E-state index in [9.17, 15) is 4.79 Å². The third kappa shape index (κ3) is 4.37. The summed E-state index contributed by atoms with van der Waals surface area (Å²) in [6.45, 7) is 6.12. The van der Waals surface area contributed by atoms with Crippen molar-refractivity contribution in [2.45, 2.75) is 26.8 Å². The minimum atomic E-state index is -0.432. The molecule has 0 fully saturated rings. The fourth-order valence-corrected chi connectivity index (χ4v) is 2.80. The van der Waals surface area contributed by atoms with Gasteiger partial charge in [-0.15, -0.1) is 0 Å². The molecule has 0 aliphatic carbocycles. The third-order valence-corrected chi connectivity index (χ3v) is 4.27. The van der Waals surface area contributed by atoms with Crippen molar-refractivity contribution in [2.75, 3.05) is 6.61 Å². The number of rotatable bonds is 4. The number of thiocarbonyl (C=S) groups is 1. The molecule has 0 aromatic heterocycles. The lowest BCUT2D eigenvalue weighted by Gasteiger charge is -2.30. The Bertz CT molecular complexity index is 674. The van der Waals surface area contributed by atoms with Gasteiger partial charge in [-0.05, 0) is 42.8 Å². The van der Waals surface area contributed by atoms with Crippen molar-refractivity contribution in [2.24, 2.45) is 5.92 Å². The van der Waals surface area contributed by atoms with Gasteiger partial charge in [0.05, 0.1) is 28.3 Å². The number of esters is 1. The Hall–Kier alpha value is -1.30. The van der Waals surface area contributed by atoms with Gasteiger partial charge in [0.2, 0.25) is 0 Å². The standard InChI is InChI=1S/C16H18Cl2N2O2S/c1-8(2)7-22-15(21)13-9(3)19-16(23)20-14(13)10-4-5-11(17)12(18)6-10/h4-6,8,14H,7H2,1-3H3,(H2,19,20,23)/t14-/m1/s1. The molecule has 4 nitrogen and oxygen atoms in total. The molecule has 1 atom stereocenters. The Morgan fingerprint density at radius 1 is 1.35 bits per heavy atom. The van der Waals surface area contributed by atoms with Gasteiger partial charge in [0.15, 0.2) is 5.11 Å². The van der Waals surface area contributed by atoms with E-state index >= 15 is 0 Å². The highest BCUT2D eigenvalue weighted by molar-refractivity contribution is 7.80. The highest BCUT2D eigenvalue weighted by Crippen LogP contribution is 2.31. The molecule has 7 heteroatoms. The molecule has 2 N–H and O–H groups in total. The van der Waals surface area contributed by atoms with Crippen molar-refractivity contribution >= 4 is 46.5 Å². The molecule has 0 saturated heterocycles. The molecule has 2 rings (SSSR count). The Kier molecular flexibility index (Phi) is 5.89. The second-order valence-corrected chi connectivity index (χ2v) is 6.96. The summed E-state index contributed by atoms with van der Waals surface area (Å²) >= 11 is 17.3. The van der Waals surface area contributed by atoms with E-state index in [4.69, 9.17) is 40.2 Å². The molecule has 23 heavy (non-hydrogen) atoms. The third-order valence-electron chi connectivity index (χ3n) is 3.31. The van der Waals surface area contributed by atoms with Crippen LogP contribution in [0.15, 0.2) is 29.5 Å². The number of carbonyl (C=O) groups excluding carboxylic acids is 1. The SMILES string of the molecule is CC1=C(C(=O)OCC(C)C)[C@@H](c2ccc(Cl)c(Cl)c2)NC(=S)N1. The zero-order valence-corrected chi connectivity index (χ0v) is 15.4. The van der Waals surface area contributed by atoms with E-state index in [0.29, 0.717) is 33.0 Å². The van der Waals surface area contributed by atoms with Crippen LogP contribution in [0.4, 0.5) is 0 Å². The van der Waals surface area contributed by atoms with Crippen molar-refractivity contribution in [3.63, 3.8) is 0 Å². The summed E-state index contributed by atoms with van der Waals surface area (Å²) in [6, 6.07) is 4.79. The number of halogens is 2. The summed E-state index contributed by atoms with van der Waals surface area (Å²) in [7, 11) is 0. The molecular weight excluding hydrogens is 355 g/mol. The smallest absolute Gasteiger partial charge is 0.338 e. The minimum Gasteiger partial charge on any atom is -0.462 e. The van der Waals surface area contributed by atoms with Crippen LogP contribution in [0.3, 0.4) is 0 Å². The maximum Gasteiger partial charge on any atom is 0.338 e. The number of benzene rings is 1. The van der Waals surface area contributed by atoms with Gasteiger partial charge < -0.3 is 15.4 Å². The highest BCUT2D eigenvalue weighted by atomic mass is 35.5. The van der Waals surface area contributed by atoms with Gasteiger partial charge in [0.25, 0.3) is 0 Å². The van der Waals surface area contributed by atoms with Crippen molar-refractivity contribution in [1.82, 2.24) is 10.6 Å². The van der Waals surface area contributed by atoms with E-state index in [-0.39, 0.29) is 11.9 Å². The van der Waals surface area contributed by atoms with Gasteiger partial charge >= 0.3 is 5.97 Å². The largest absolute Gasteiger partial charge is 0.462 e. The van der Waals surface area contributed by atoms with Gasteiger partial charge in [0, 0.05) is 5.70 Å². The molecule has 0 spiro atoms. The van der Waals surface area contributed by atoms with E-state index in [1.165, 1.54) is 0 Å². The predicted octanol–water partition coefficient (Wildman–Crippen LogP) is 3.99. The van der Waals surface area contributed by atoms with Gasteiger partial charge in [-0.2, -0.15) is 0 Å². The van der Waals surface area contributed by atoms with E-state index in [1.54, 1.807) is 19.1 Å². The topological polar surface area (TPSA) is 50.4 Å². The zero-order valence-electron chi connectivity index (χ0n) is 13.1. The Morgan fingerprint density at radius 3 is 2.65 bits per heavy atom. The number of carbonyl (C=O) groups is 1. The van der Waals surface area contributed by atoms with Gasteiger partial charge in [-0.1, -0.05) is 43.1 Å². The number of ether oxygens (including phenoxy) is 1. The first-order valence-corrected chi connectivity index (χ1v) is 8.36. The maximum atomic E-state index is 12.5. The van der Waals surface area contributed by atoms with Crippen LogP contribution in [0.2, 0.25) is 10.0 Å². The van der Waals surface area contributed by atoms with Crippen LogP contribution < -0.4 is 10.6 Å². The van der Waals surface area contributed by atoms with E-state index in [1.807, 2.05) is 19.9 Å². The Balaban J connectivity index is 2.37. The summed E-state index contributed by atoms with van der Waals surface area (Å²) in [5.74, 6) is -0.122. The quantitative estimate of drug-likeness (QED) is 0.618. The van der Waals surface area contributed by atoms with Crippen molar-refractivity contribution in [3.8, 4) is 0 Å². The summed E-state index contributed by atoms with van der Waals surface area (Å²) in [6.07, 6.45) is 0. The first-order valence-electron chi connectivity index (χ1n) is 7.20. The molecule has 0 unspecified atom stereocenters. The number of allylic oxidation sites excluding steroid dienone is 1. The molecule has 1 aromatic rings. The van der Waals surface area contributed by atoms with Gasteiger partial charge in [-0.25, -0.2) is 4.79 Å². The molecule has 1 aromatic carbocycles. The second kappa shape index (κ2) is 7.51. The van der Waals surface area contributed by atoms with Crippen molar-refractivity contribution in [1.29, 1.82) is 0 Å². The van der Waals surface area contributed by atoms with E-state index in [2.05, 4.69) is 10.6 Å². The van der Waals surface area contributed by atoms with Crippen LogP contribution in [0, 0.1) is 5.92 Å². The van der Waals surface area contributed by atoms with Crippen LogP contribution in [0.25, 0.3) is 0 Å². The Labute approximate surface area is 151 Å². The number of hydrogen-bond acceptors (Lipinski definition) is 3. The first-order chi connectivity index (χ1) is 10.8. The molecular formula is C16H18Cl2N2O2S. The molecule has 0 radical (unpaired) electrons. The summed E-state index contributed by atoms with van der Waals surface area (Å²) < 4.78 is 5.38. The van der Waals surface area contributed by atoms with Gasteiger partial charge in [-0.3, -0.25) is 0 Å². The maximum absolute atomic E-state index is 12.5. The number of hydrogen-bond donors (Lipinski definition) is 2. The summed E-state index contributed by atoms with van der Waals surface area (Å²) in [5.41, 5.74) is 1.94. The first kappa shape index (κ1) is 18.0. The van der Waals surface area contributed by atoms with Crippen LogP contribution in [0.1, 0.15) is 32.4 Å². The molecule has 1 heterocycles. The average molecular weight is 373 g/mol. The van der Waals surface area contributed by atoms with Crippen molar-refractivity contribution in [3.05, 3.63) is 45.1 Å². The fraction of sp³-hybridized carbons (Fsp3) is 0.375. The highest BCUT2D eigenvalue weighted by Gasteiger charge is 2.31. The summed E-state index contributed by atoms with van der Waals surface area (Å²) in [5, 5.41) is 7.37. The van der Waals surface area contributed by atoms with E-state index < -0.39 is 6.04 Å². The lowest BCUT2D eigenvalue weighted by atomic mass is 9.96. The lowest BCUT2D eigenvalue weighted by Crippen LogP contribution is -2.45. The molecule has 0 saturated carbocycles. The molecule has 124 valence electrons. The van der Waals surface area contributed by atoms with E-state index in [0.717, 1.165) is 5.56 Å². The van der Waals surface area contributed by atoms with Crippen LogP contribution in [-0.2, 0) is 9.53 Å². The molecule has 1 aliphatic heterocycles. The monoisotopic (exact) mass is 372 g/mol. The van der Waals surface area contributed by atoms with Crippen molar-refractivity contribution < 1.29 is 9.53 Å². The molecule has 0 amide bonds. The fourth-order valence-electron chi connectivity index (χ4n) is 2.23. The van der Waals surface area contributed by atoms with Crippen LogP contribution in [-0.4, -0.2) is 17.7 Å². The lowest BCUT2D eigenvalue weighted by molar-refractivity contribution is -0.140. The number of nitrogens with one attached hydrogen (secondary N) is 2. The zero-order chi connectivity index (χ0) is 17.1. The van der Waals surface area contributed by atoms with Crippen LogP contribution in [0.5, 0.6) is 0 Å². The Morgan fingerprint density at radius 2 is 2.04 bits per heavy atom.